The predicted molar refractivity (Wildman–Crippen MR) is 118 cm³/mol. The lowest BCUT2D eigenvalue weighted by molar-refractivity contribution is -0.114. The monoisotopic (exact) mass is 472 g/mol. The molecular weight excluding hydrogens is 448 g/mol. The molecule has 0 bridgehead atoms. The van der Waals surface area contributed by atoms with Gasteiger partial charge in [-0.05, 0) is 25.0 Å². The highest BCUT2D eigenvalue weighted by Gasteiger charge is 2.26. The molecule has 0 saturated heterocycles. The summed E-state index contributed by atoms with van der Waals surface area (Å²) in [5.41, 5.74) is 0.335. The van der Waals surface area contributed by atoms with Crippen LogP contribution in [0.1, 0.15) is 20.8 Å². The molecule has 1 aromatic heterocycles. The summed E-state index contributed by atoms with van der Waals surface area (Å²) in [4.78, 5) is 12.6. The van der Waals surface area contributed by atoms with Crippen molar-refractivity contribution in [3.8, 4) is 11.5 Å². The van der Waals surface area contributed by atoms with Crippen LogP contribution in [0.3, 0.4) is 0 Å². The number of aromatic nitrogens is 2. The number of anilines is 2. The lowest BCUT2D eigenvalue weighted by Crippen LogP contribution is -2.39. The minimum Gasteiger partial charge on any atom is -0.486 e. The van der Waals surface area contributed by atoms with E-state index in [1.807, 2.05) is 0 Å². The molecule has 0 fully saturated rings. The minimum absolute atomic E-state index is 0.149. The van der Waals surface area contributed by atoms with Crippen LogP contribution >= 0.6 is 23.1 Å². The van der Waals surface area contributed by atoms with Crippen molar-refractivity contribution in [3.63, 3.8) is 0 Å². The van der Waals surface area contributed by atoms with Gasteiger partial charge in [0.2, 0.25) is 21.1 Å². The molecule has 0 unspecified atom stereocenters. The van der Waals surface area contributed by atoms with Crippen LogP contribution in [0, 0.1) is 5.92 Å². The number of carbonyl (C=O) groups excluding carboxylic acids is 1. The normalized spacial score (nSPS) is 13.3. The molecule has 0 radical (unpaired) electrons. The average Bonchev–Trinajstić information content (AvgIpc) is 3.17. The first-order valence-electron chi connectivity index (χ1n) is 9.44. The first kappa shape index (κ1) is 22.6. The first-order chi connectivity index (χ1) is 14.3. The van der Waals surface area contributed by atoms with E-state index in [1.54, 1.807) is 30.0 Å². The van der Waals surface area contributed by atoms with Crippen LogP contribution in [0.25, 0.3) is 0 Å². The van der Waals surface area contributed by atoms with Crippen LogP contribution < -0.4 is 19.1 Å². The summed E-state index contributed by atoms with van der Waals surface area (Å²) >= 11 is 2.83. The van der Waals surface area contributed by atoms with Crippen molar-refractivity contribution in [2.24, 2.45) is 5.92 Å². The Morgan fingerprint density at radius 1 is 1.27 bits per heavy atom. The second-order valence-electron chi connectivity index (χ2n) is 6.86. The van der Waals surface area contributed by atoms with E-state index in [0.29, 0.717) is 41.4 Å². The molecule has 164 valence electrons. The van der Waals surface area contributed by atoms with Gasteiger partial charge in [0.15, 0.2) is 15.8 Å². The molecule has 1 aromatic carbocycles. The molecule has 1 N–H and O–H groups in total. The molecule has 0 aliphatic carbocycles. The number of hydrogen-bond donors (Lipinski definition) is 1. The van der Waals surface area contributed by atoms with E-state index in [-0.39, 0.29) is 12.3 Å². The topological polar surface area (TPSA) is 111 Å². The third kappa shape index (κ3) is 5.76. The van der Waals surface area contributed by atoms with Crippen LogP contribution in [-0.2, 0) is 14.8 Å². The zero-order valence-corrected chi connectivity index (χ0v) is 19.4. The summed E-state index contributed by atoms with van der Waals surface area (Å²) < 4.78 is 38.1. The Morgan fingerprint density at radius 3 is 2.70 bits per heavy atom. The molecule has 1 amide bonds. The number of benzene rings is 1. The van der Waals surface area contributed by atoms with Gasteiger partial charge in [0.25, 0.3) is 0 Å². The van der Waals surface area contributed by atoms with Crippen molar-refractivity contribution in [2.75, 3.05) is 40.9 Å². The van der Waals surface area contributed by atoms with Crippen molar-refractivity contribution in [3.05, 3.63) is 18.2 Å². The second-order valence-corrected chi connectivity index (χ2v) is 11.3. The highest BCUT2D eigenvalue weighted by Crippen LogP contribution is 2.35. The van der Waals surface area contributed by atoms with Gasteiger partial charge in [0, 0.05) is 11.8 Å². The number of sulfonamides is 1. The Hall–Kier alpha value is -2.05. The minimum atomic E-state index is -3.70. The smallest absolute Gasteiger partial charge is 0.246 e. The molecular formula is C18H24N4O5S3. The molecule has 2 aromatic rings. The van der Waals surface area contributed by atoms with Crippen LogP contribution in [0.4, 0.5) is 10.8 Å². The van der Waals surface area contributed by atoms with Gasteiger partial charge >= 0.3 is 0 Å². The summed E-state index contributed by atoms with van der Waals surface area (Å²) in [5.74, 6) is 1.75. The van der Waals surface area contributed by atoms with E-state index in [0.717, 1.165) is 14.4 Å². The van der Waals surface area contributed by atoms with Gasteiger partial charge in [-0.25, -0.2) is 8.42 Å². The average molecular weight is 473 g/mol. The molecule has 12 heteroatoms. The Labute approximate surface area is 184 Å². The highest BCUT2D eigenvalue weighted by molar-refractivity contribution is 8.01. The van der Waals surface area contributed by atoms with Gasteiger partial charge in [0.05, 0.1) is 11.4 Å². The number of thioether (sulfide) groups is 1. The van der Waals surface area contributed by atoms with E-state index in [9.17, 15) is 13.2 Å². The molecule has 9 nitrogen and oxygen atoms in total. The Bertz CT molecular complexity index is 993. The lowest BCUT2D eigenvalue weighted by atomic mass is 10.2. The number of fused-ring (bicyclic) bond motifs is 1. The number of nitrogens with zero attached hydrogens (tertiary/aromatic N) is 3. The van der Waals surface area contributed by atoms with Gasteiger partial charge in [0.1, 0.15) is 19.8 Å². The van der Waals surface area contributed by atoms with Gasteiger partial charge in [-0.3, -0.25) is 14.4 Å². The second kappa shape index (κ2) is 9.84. The van der Waals surface area contributed by atoms with Crippen molar-refractivity contribution >= 4 is 49.8 Å². The molecule has 3 rings (SSSR count). The maximum atomic E-state index is 12.7. The number of carbonyl (C=O) groups is 1. The molecule has 30 heavy (non-hydrogen) atoms. The summed E-state index contributed by atoms with van der Waals surface area (Å²) in [6, 6.07) is 4.81. The maximum Gasteiger partial charge on any atom is 0.246 e. The fourth-order valence-corrected chi connectivity index (χ4v) is 5.34. The zero-order valence-electron chi connectivity index (χ0n) is 17.0. The van der Waals surface area contributed by atoms with Gasteiger partial charge < -0.3 is 9.47 Å². The standard InChI is InChI=1S/C18H24N4O5S3/c1-4-30(24,25)22(13-5-6-14-15(9-13)27-8-7-26-14)10-16(23)19-17-20-21-18(29-17)28-11-12(2)3/h5-6,9,12H,4,7-8,10-11H2,1-3H3,(H,19,20,23). The van der Waals surface area contributed by atoms with Crippen molar-refractivity contribution in [1.82, 2.24) is 10.2 Å². The Balaban J connectivity index is 1.73. The van der Waals surface area contributed by atoms with Crippen molar-refractivity contribution in [2.45, 2.75) is 25.1 Å². The van der Waals surface area contributed by atoms with E-state index < -0.39 is 15.9 Å². The van der Waals surface area contributed by atoms with Crippen molar-refractivity contribution in [1.29, 1.82) is 0 Å². The Kier molecular flexibility index (Phi) is 7.42. The first-order valence-corrected chi connectivity index (χ1v) is 12.9. The van der Waals surface area contributed by atoms with E-state index in [4.69, 9.17) is 9.47 Å². The van der Waals surface area contributed by atoms with Gasteiger partial charge in [-0.1, -0.05) is 36.9 Å². The third-order valence-electron chi connectivity index (χ3n) is 3.99. The van der Waals surface area contributed by atoms with Crippen molar-refractivity contribution < 1.29 is 22.7 Å². The number of ether oxygens (including phenoxy) is 2. The molecule has 0 spiro atoms. The molecule has 1 aliphatic heterocycles. The van der Waals surface area contributed by atoms with Crippen LogP contribution in [0.5, 0.6) is 11.5 Å². The van der Waals surface area contributed by atoms with Crippen LogP contribution in [0.15, 0.2) is 22.5 Å². The van der Waals surface area contributed by atoms with Gasteiger partial charge in [-0.15, -0.1) is 10.2 Å². The molecule has 0 atom stereocenters. The van der Waals surface area contributed by atoms with Crippen LogP contribution in [-0.4, -0.2) is 55.8 Å². The largest absolute Gasteiger partial charge is 0.486 e. The fourth-order valence-electron chi connectivity index (χ4n) is 2.54. The maximum absolute atomic E-state index is 12.7. The lowest BCUT2D eigenvalue weighted by Gasteiger charge is -2.25. The summed E-state index contributed by atoms with van der Waals surface area (Å²) in [6.07, 6.45) is 0. The Morgan fingerprint density at radius 2 is 2.00 bits per heavy atom. The van der Waals surface area contributed by atoms with E-state index >= 15 is 0 Å². The molecule has 2 heterocycles. The van der Waals surface area contributed by atoms with E-state index in [1.165, 1.54) is 18.3 Å². The summed E-state index contributed by atoms with van der Waals surface area (Å²) in [5, 5.41) is 11.0. The van der Waals surface area contributed by atoms with Gasteiger partial charge in [-0.2, -0.15) is 0 Å². The number of amides is 1. The third-order valence-corrected chi connectivity index (χ3v) is 8.13. The fraction of sp³-hybridized carbons (Fsp3) is 0.500. The van der Waals surface area contributed by atoms with Crippen LogP contribution in [0.2, 0.25) is 0 Å². The summed E-state index contributed by atoms with van der Waals surface area (Å²) in [6.45, 7) is 6.18. The number of nitrogens with one attached hydrogen (secondary N) is 1. The predicted octanol–water partition coefficient (Wildman–Crippen LogP) is 2.85. The number of rotatable bonds is 9. The quantitative estimate of drug-likeness (QED) is 0.438. The zero-order chi connectivity index (χ0) is 21.7. The summed E-state index contributed by atoms with van der Waals surface area (Å²) in [7, 11) is -3.70. The van der Waals surface area contributed by atoms with E-state index in [2.05, 4.69) is 29.4 Å². The molecule has 1 aliphatic rings. The SMILES string of the molecule is CCS(=O)(=O)N(CC(=O)Nc1nnc(SCC(C)C)s1)c1ccc2c(c1)OCCO2. The highest BCUT2D eigenvalue weighted by atomic mass is 32.2. The molecule has 0 saturated carbocycles. The number of hydrogen-bond acceptors (Lipinski definition) is 9.